The highest BCUT2D eigenvalue weighted by molar-refractivity contribution is 14.0. The van der Waals surface area contributed by atoms with E-state index in [1.165, 1.54) is 6.07 Å². The highest BCUT2D eigenvalue weighted by Gasteiger charge is 2.59. The van der Waals surface area contributed by atoms with Crippen LogP contribution in [-0.2, 0) is 11.3 Å². The van der Waals surface area contributed by atoms with Crippen molar-refractivity contribution in [2.75, 3.05) is 13.2 Å². The number of aliphatic imine (C=N–C) groups is 1. The number of guanidine groups is 1. The van der Waals surface area contributed by atoms with E-state index < -0.39 is 6.61 Å². The normalized spacial score (nSPS) is 26.0. The lowest BCUT2D eigenvalue weighted by molar-refractivity contribution is -0.106. The molecule has 27 heavy (non-hydrogen) atoms. The summed E-state index contributed by atoms with van der Waals surface area (Å²) in [5.74, 6) is 1.33. The third kappa shape index (κ3) is 4.82. The minimum absolute atomic E-state index is 0. The fraction of sp³-hybridized carbons (Fsp3) is 0.632. The van der Waals surface area contributed by atoms with Crippen LogP contribution in [-0.4, -0.2) is 37.9 Å². The largest absolute Gasteiger partial charge is 0.434 e. The number of rotatable bonds is 6. The minimum atomic E-state index is -2.85. The van der Waals surface area contributed by atoms with E-state index in [4.69, 9.17) is 4.74 Å². The van der Waals surface area contributed by atoms with Crippen LogP contribution < -0.4 is 15.4 Å². The summed E-state index contributed by atoms with van der Waals surface area (Å²) in [6, 6.07) is 7.02. The maximum atomic E-state index is 12.6. The lowest BCUT2D eigenvalue weighted by atomic mass is 9.57. The van der Waals surface area contributed by atoms with E-state index in [-0.39, 0.29) is 47.7 Å². The van der Waals surface area contributed by atoms with Crippen molar-refractivity contribution in [2.24, 2.45) is 16.3 Å². The van der Waals surface area contributed by atoms with Crippen molar-refractivity contribution >= 4 is 29.9 Å². The Balaban J connectivity index is 0.00000261. The number of halogens is 3. The summed E-state index contributed by atoms with van der Waals surface area (Å²) in [5, 5.41) is 6.76. The molecule has 5 nitrogen and oxygen atoms in total. The number of hydrogen-bond acceptors (Lipinski definition) is 3. The Morgan fingerprint density at radius 2 is 2.11 bits per heavy atom. The molecule has 1 aromatic rings. The third-order valence-corrected chi connectivity index (χ3v) is 5.33. The highest BCUT2D eigenvalue weighted by Crippen LogP contribution is 2.52. The molecule has 1 aliphatic heterocycles. The molecule has 3 unspecified atom stereocenters. The highest BCUT2D eigenvalue weighted by atomic mass is 127. The molecule has 0 bridgehead atoms. The maximum absolute atomic E-state index is 12.6. The molecule has 1 aromatic carbocycles. The van der Waals surface area contributed by atoms with Crippen LogP contribution in [0.1, 0.15) is 32.8 Å². The number of ether oxygens (including phenoxy) is 2. The molecule has 1 saturated carbocycles. The molecule has 0 amide bonds. The SMILES string of the molecule is CCNC(=NCc1ccccc1OC(F)F)NC1C2CCOC2C1(C)C.I. The topological polar surface area (TPSA) is 54.9 Å². The van der Waals surface area contributed by atoms with E-state index >= 15 is 0 Å². The molecule has 2 aliphatic rings. The molecule has 2 fully saturated rings. The van der Waals surface area contributed by atoms with Crippen molar-refractivity contribution in [1.82, 2.24) is 10.6 Å². The zero-order valence-electron chi connectivity index (χ0n) is 15.9. The lowest BCUT2D eigenvalue weighted by Gasteiger charge is -2.54. The second-order valence-corrected chi connectivity index (χ2v) is 7.37. The number of alkyl halides is 2. The van der Waals surface area contributed by atoms with Crippen LogP contribution in [0.2, 0.25) is 0 Å². The van der Waals surface area contributed by atoms with Crippen LogP contribution in [0, 0.1) is 11.3 Å². The Morgan fingerprint density at radius 3 is 2.81 bits per heavy atom. The van der Waals surface area contributed by atoms with Gasteiger partial charge in [-0.1, -0.05) is 32.0 Å². The molecule has 152 valence electrons. The number of nitrogens with one attached hydrogen (secondary N) is 2. The molecule has 0 aromatic heterocycles. The number of para-hydroxylation sites is 1. The summed E-state index contributed by atoms with van der Waals surface area (Å²) in [5.41, 5.74) is 0.661. The molecule has 1 saturated heterocycles. The van der Waals surface area contributed by atoms with Gasteiger partial charge in [-0.2, -0.15) is 8.78 Å². The van der Waals surface area contributed by atoms with Crippen molar-refractivity contribution in [3.8, 4) is 5.75 Å². The van der Waals surface area contributed by atoms with Crippen LogP contribution >= 0.6 is 24.0 Å². The number of fused-ring (bicyclic) bond motifs is 1. The van der Waals surface area contributed by atoms with Crippen LogP contribution in [0.5, 0.6) is 5.75 Å². The zero-order valence-corrected chi connectivity index (χ0v) is 18.2. The van der Waals surface area contributed by atoms with Crippen molar-refractivity contribution < 1.29 is 18.3 Å². The first-order valence-electron chi connectivity index (χ1n) is 9.12. The number of nitrogens with zero attached hydrogens (tertiary/aromatic N) is 1. The molecule has 0 spiro atoms. The van der Waals surface area contributed by atoms with E-state index in [1.54, 1.807) is 18.2 Å². The van der Waals surface area contributed by atoms with Gasteiger partial charge in [0.25, 0.3) is 0 Å². The smallest absolute Gasteiger partial charge is 0.387 e. The second kappa shape index (κ2) is 9.36. The standard InChI is InChI=1S/C19H27F2N3O2.HI/c1-4-22-18(24-15-13-9-10-25-16(13)19(15,2)3)23-11-12-7-5-6-8-14(12)26-17(20)21;/h5-8,13,15-17H,4,9-11H2,1-3H3,(H2,22,23,24);1H. The van der Waals surface area contributed by atoms with Gasteiger partial charge < -0.3 is 20.1 Å². The fourth-order valence-corrected chi connectivity index (χ4v) is 4.09. The van der Waals surface area contributed by atoms with Crippen LogP contribution in [0.3, 0.4) is 0 Å². The summed E-state index contributed by atoms with van der Waals surface area (Å²) in [6.45, 7) is 5.34. The number of hydrogen-bond donors (Lipinski definition) is 2. The van der Waals surface area contributed by atoms with E-state index in [0.29, 0.717) is 23.5 Å². The van der Waals surface area contributed by atoms with Crippen molar-refractivity contribution in [1.29, 1.82) is 0 Å². The first kappa shape index (κ1) is 22.1. The summed E-state index contributed by atoms with van der Waals surface area (Å²) >= 11 is 0. The van der Waals surface area contributed by atoms with Gasteiger partial charge in [-0.25, -0.2) is 4.99 Å². The van der Waals surface area contributed by atoms with Gasteiger partial charge in [0.2, 0.25) is 0 Å². The Kier molecular flexibility index (Phi) is 7.67. The lowest BCUT2D eigenvalue weighted by Crippen LogP contribution is -2.67. The molecule has 0 radical (unpaired) electrons. The maximum Gasteiger partial charge on any atom is 0.387 e. The summed E-state index contributed by atoms with van der Waals surface area (Å²) < 4.78 is 35.5. The Morgan fingerprint density at radius 1 is 1.37 bits per heavy atom. The summed E-state index contributed by atoms with van der Waals surface area (Å²) in [4.78, 5) is 4.58. The van der Waals surface area contributed by atoms with Crippen LogP contribution in [0.4, 0.5) is 8.78 Å². The van der Waals surface area contributed by atoms with Gasteiger partial charge >= 0.3 is 6.61 Å². The Bertz CT molecular complexity index is 658. The van der Waals surface area contributed by atoms with Gasteiger partial charge in [-0.15, -0.1) is 24.0 Å². The molecular formula is C19H28F2IN3O2. The summed E-state index contributed by atoms with van der Waals surface area (Å²) in [7, 11) is 0. The molecule has 1 heterocycles. The van der Waals surface area contributed by atoms with Gasteiger partial charge in [0.1, 0.15) is 5.75 Å². The van der Waals surface area contributed by atoms with Crippen LogP contribution in [0.15, 0.2) is 29.3 Å². The molecule has 8 heteroatoms. The van der Waals surface area contributed by atoms with E-state index in [9.17, 15) is 8.78 Å². The monoisotopic (exact) mass is 495 g/mol. The molecule has 1 aliphatic carbocycles. The van der Waals surface area contributed by atoms with Crippen molar-refractivity contribution in [2.45, 2.75) is 52.5 Å². The predicted molar refractivity (Wildman–Crippen MR) is 112 cm³/mol. The Labute approximate surface area is 176 Å². The molecule has 3 rings (SSSR count). The quantitative estimate of drug-likeness (QED) is 0.359. The van der Waals surface area contributed by atoms with Gasteiger partial charge in [0, 0.05) is 36.1 Å². The van der Waals surface area contributed by atoms with Crippen LogP contribution in [0.25, 0.3) is 0 Å². The second-order valence-electron chi connectivity index (χ2n) is 7.37. The van der Waals surface area contributed by atoms with Gasteiger partial charge in [-0.3, -0.25) is 0 Å². The number of benzene rings is 1. The first-order valence-corrected chi connectivity index (χ1v) is 9.12. The third-order valence-electron chi connectivity index (χ3n) is 5.33. The van der Waals surface area contributed by atoms with Gasteiger partial charge in [0.05, 0.1) is 12.6 Å². The van der Waals surface area contributed by atoms with Crippen molar-refractivity contribution in [3.63, 3.8) is 0 Å². The van der Waals surface area contributed by atoms with E-state index in [0.717, 1.165) is 19.6 Å². The molecular weight excluding hydrogens is 467 g/mol. The van der Waals surface area contributed by atoms with Gasteiger partial charge in [0.15, 0.2) is 5.96 Å². The average molecular weight is 495 g/mol. The van der Waals surface area contributed by atoms with E-state index in [1.807, 2.05) is 6.92 Å². The molecule has 3 atom stereocenters. The zero-order chi connectivity index (χ0) is 18.7. The first-order chi connectivity index (χ1) is 12.4. The van der Waals surface area contributed by atoms with Gasteiger partial charge in [-0.05, 0) is 19.4 Å². The predicted octanol–water partition coefficient (Wildman–Crippen LogP) is 3.77. The van der Waals surface area contributed by atoms with Crippen molar-refractivity contribution in [3.05, 3.63) is 29.8 Å². The average Bonchev–Trinajstić information content (AvgIpc) is 3.05. The minimum Gasteiger partial charge on any atom is -0.434 e. The Hall–Kier alpha value is -1.16. The summed E-state index contributed by atoms with van der Waals surface area (Å²) in [6.07, 6.45) is 1.35. The van der Waals surface area contributed by atoms with E-state index in [2.05, 4.69) is 34.2 Å². The fourth-order valence-electron chi connectivity index (χ4n) is 4.09. The molecule has 2 N–H and O–H groups in total.